The first-order valence-electron chi connectivity index (χ1n) is 6.24. The van der Waals surface area contributed by atoms with Crippen LogP contribution in [0.3, 0.4) is 0 Å². The molecule has 0 aromatic carbocycles. The number of anilines is 1. The van der Waals surface area contributed by atoms with E-state index in [0.29, 0.717) is 6.54 Å². The van der Waals surface area contributed by atoms with Gasteiger partial charge in [0.15, 0.2) is 5.82 Å². The number of aromatic nitrogens is 3. The highest BCUT2D eigenvalue weighted by Gasteiger charge is 2.20. The summed E-state index contributed by atoms with van der Waals surface area (Å²) in [6.45, 7) is 2.79. The van der Waals surface area contributed by atoms with E-state index < -0.39 is 10.0 Å². The number of nitrogens with zero attached hydrogens (tertiary/aromatic N) is 3. The molecule has 20 heavy (non-hydrogen) atoms. The van der Waals surface area contributed by atoms with E-state index in [4.69, 9.17) is 5.73 Å². The van der Waals surface area contributed by atoms with E-state index in [-0.39, 0.29) is 17.3 Å². The molecule has 2 aromatic rings. The van der Waals surface area contributed by atoms with Crippen molar-refractivity contribution in [1.29, 1.82) is 0 Å². The van der Waals surface area contributed by atoms with E-state index in [1.807, 2.05) is 6.92 Å². The van der Waals surface area contributed by atoms with E-state index in [1.165, 1.54) is 10.9 Å². The molecule has 0 spiro atoms. The van der Waals surface area contributed by atoms with Crippen molar-refractivity contribution in [2.75, 3.05) is 5.73 Å². The second kappa shape index (κ2) is 6.02. The maximum atomic E-state index is 12.2. The minimum absolute atomic E-state index is 0.0139. The third-order valence-corrected chi connectivity index (χ3v) is 4.13. The number of nitrogens with two attached hydrogens (primary N) is 1. The maximum Gasteiger partial charge on any atom is 0.246 e. The van der Waals surface area contributed by atoms with E-state index in [9.17, 15) is 8.42 Å². The second-order valence-corrected chi connectivity index (χ2v) is 6.06. The lowest BCUT2D eigenvalue weighted by Crippen LogP contribution is -2.23. The highest BCUT2D eigenvalue weighted by atomic mass is 32.2. The summed E-state index contributed by atoms with van der Waals surface area (Å²) in [7, 11) is -3.67. The molecule has 2 rings (SSSR count). The summed E-state index contributed by atoms with van der Waals surface area (Å²) in [6, 6.07) is 3.48. The maximum absolute atomic E-state index is 12.2. The molecule has 0 bridgehead atoms. The van der Waals surface area contributed by atoms with E-state index in [2.05, 4.69) is 14.8 Å². The quantitative estimate of drug-likeness (QED) is 0.818. The van der Waals surface area contributed by atoms with Crippen LogP contribution >= 0.6 is 0 Å². The number of nitrogens with one attached hydrogen (secondary N) is 1. The van der Waals surface area contributed by atoms with Gasteiger partial charge in [0.1, 0.15) is 4.90 Å². The lowest BCUT2D eigenvalue weighted by atomic mass is 10.3. The van der Waals surface area contributed by atoms with Crippen LogP contribution in [-0.2, 0) is 23.1 Å². The molecular formula is C12H17N5O2S. The summed E-state index contributed by atoms with van der Waals surface area (Å²) in [5.74, 6) is 0.0145. The predicted molar refractivity (Wildman–Crippen MR) is 75.2 cm³/mol. The van der Waals surface area contributed by atoms with Crippen molar-refractivity contribution in [3.63, 3.8) is 0 Å². The zero-order valence-corrected chi connectivity index (χ0v) is 12.0. The summed E-state index contributed by atoms with van der Waals surface area (Å²) in [5, 5.41) is 3.99. The van der Waals surface area contributed by atoms with Crippen LogP contribution in [0, 0.1) is 0 Å². The number of rotatable bonds is 6. The summed E-state index contributed by atoms with van der Waals surface area (Å²) < 4.78 is 28.4. The topological polar surface area (TPSA) is 103 Å². The molecule has 3 N–H and O–H groups in total. The molecule has 0 atom stereocenters. The molecule has 0 amide bonds. The first kappa shape index (κ1) is 14.5. The van der Waals surface area contributed by atoms with Gasteiger partial charge in [0.2, 0.25) is 10.0 Å². The van der Waals surface area contributed by atoms with Crippen molar-refractivity contribution in [2.45, 2.75) is 31.3 Å². The zero-order chi connectivity index (χ0) is 14.6. The molecule has 108 valence electrons. The van der Waals surface area contributed by atoms with Crippen molar-refractivity contribution in [3.05, 3.63) is 36.3 Å². The Hall–Kier alpha value is -1.93. The highest BCUT2D eigenvalue weighted by molar-refractivity contribution is 7.89. The number of nitrogen functional groups attached to an aromatic ring is 1. The summed E-state index contributed by atoms with van der Waals surface area (Å²) in [5.41, 5.74) is 6.49. The minimum atomic E-state index is -3.67. The van der Waals surface area contributed by atoms with Gasteiger partial charge in [-0.05, 0) is 24.1 Å². The van der Waals surface area contributed by atoms with Gasteiger partial charge in [-0.15, -0.1) is 0 Å². The smallest absolute Gasteiger partial charge is 0.246 e. The summed E-state index contributed by atoms with van der Waals surface area (Å²) >= 11 is 0. The Balaban J connectivity index is 2.14. The van der Waals surface area contributed by atoms with Gasteiger partial charge in [-0.2, -0.15) is 5.10 Å². The largest absolute Gasteiger partial charge is 0.381 e. The minimum Gasteiger partial charge on any atom is -0.381 e. The van der Waals surface area contributed by atoms with Gasteiger partial charge in [-0.1, -0.05) is 6.92 Å². The molecule has 7 nitrogen and oxygen atoms in total. The van der Waals surface area contributed by atoms with Crippen LogP contribution in [0.1, 0.15) is 18.9 Å². The number of aryl methyl sites for hydroxylation is 1. The van der Waals surface area contributed by atoms with E-state index in [0.717, 1.165) is 12.0 Å². The fraction of sp³-hybridized carbons (Fsp3) is 0.333. The standard InChI is InChI=1S/C12H17N5O2S/c1-2-7-17-9-11(12(13)16-17)20(18,19)15-8-10-3-5-14-6-4-10/h3-6,9,15H,2,7-8H2,1H3,(H2,13,16). The van der Waals surface area contributed by atoms with E-state index >= 15 is 0 Å². The average Bonchev–Trinajstić information content (AvgIpc) is 2.80. The van der Waals surface area contributed by atoms with Crippen LogP contribution in [0.5, 0.6) is 0 Å². The Kier molecular flexibility index (Phi) is 4.35. The third kappa shape index (κ3) is 3.34. The average molecular weight is 295 g/mol. The van der Waals surface area contributed by atoms with Gasteiger partial charge in [-0.25, -0.2) is 13.1 Å². The third-order valence-electron chi connectivity index (χ3n) is 2.71. The molecule has 2 aromatic heterocycles. The molecule has 8 heteroatoms. The monoisotopic (exact) mass is 295 g/mol. The second-order valence-electron chi connectivity index (χ2n) is 4.32. The number of pyridine rings is 1. The first-order chi connectivity index (χ1) is 9.53. The van der Waals surface area contributed by atoms with Gasteiger partial charge in [0.25, 0.3) is 0 Å². The lowest BCUT2D eigenvalue weighted by Gasteiger charge is -2.05. The Bertz CT molecular complexity index is 666. The van der Waals surface area contributed by atoms with Crippen LogP contribution in [0.25, 0.3) is 0 Å². The van der Waals surface area contributed by atoms with Gasteiger partial charge in [0, 0.05) is 31.7 Å². The molecule has 0 radical (unpaired) electrons. The molecule has 2 heterocycles. The molecule has 0 saturated carbocycles. The van der Waals surface area contributed by atoms with Crippen LogP contribution < -0.4 is 10.5 Å². The number of hydrogen-bond donors (Lipinski definition) is 2. The molecule has 0 aliphatic rings. The van der Waals surface area contributed by atoms with Gasteiger partial charge in [0.05, 0.1) is 0 Å². The Morgan fingerprint density at radius 3 is 2.70 bits per heavy atom. The van der Waals surface area contributed by atoms with Crippen LogP contribution in [-0.4, -0.2) is 23.2 Å². The number of hydrogen-bond acceptors (Lipinski definition) is 5. The van der Waals surface area contributed by atoms with Gasteiger partial charge >= 0.3 is 0 Å². The Labute approximate surface area is 117 Å². The normalized spacial score (nSPS) is 11.7. The van der Waals surface area contributed by atoms with Crippen molar-refractivity contribution >= 4 is 15.8 Å². The highest BCUT2D eigenvalue weighted by Crippen LogP contribution is 2.16. The molecule has 0 unspecified atom stereocenters. The zero-order valence-electron chi connectivity index (χ0n) is 11.2. The van der Waals surface area contributed by atoms with Gasteiger partial charge in [-0.3, -0.25) is 9.67 Å². The molecule has 0 aliphatic carbocycles. The van der Waals surface area contributed by atoms with Crippen molar-refractivity contribution < 1.29 is 8.42 Å². The first-order valence-corrected chi connectivity index (χ1v) is 7.72. The van der Waals surface area contributed by atoms with E-state index in [1.54, 1.807) is 24.5 Å². The summed E-state index contributed by atoms with van der Waals surface area (Å²) in [4.78, 5) is 3.89. The van der Waals surface area contributed by atoms with Crippen LogP contribution in [0.2, 0.25) is 0 Å². The van der Waals surface area contributed by atoms with Crippen molar-refractivity contribution in [1.82, 2.24) is 19.5 Å². The molecule has 0 aliphatic heterocycles. The molecule has 0 saturated heterocycles. The SMILES string of the molecule is CCCn1cc(S(=O)(=O)NCc2ccncc2)c(N)n1. The number of sulfonamides is 1. The Morgan fingerprint density at radius 1 is 1.35 bits per heavy atom. The van der Waals surface area contributed by atoms with Crippen molar-refractivity contribution in [3.8, 4) is 0 Å². The predicted octanol–water partition coefficient (Wildman–Crippen LogP) is 0.749. The molecular weight excluding hydrogens is 278 g/mol. The lowest BCUT2D eigenvalue weighted by molar-refractivity contribution is 0.579. The van der Waals surface area contributed by atoms with Crippen LogP contribution in [0.15, 0.2) is 35.6 Å². The molecule has 0 fully saturated rings. The summed E-state index contributed by atoms with van der Waals surface area (Å²) in [6.07, 6.45) is 5.52. The fourth-order valence-electron chi connectivity index (χ4n) is 1.73. The van der Waals surface area contributed by atoms with Crippen molar-refractivity contribution in [2.24, 2.45) is 0 Å². The van der Waals surface area contributed by atoms with Crippen LogP contribution in [0.4, 0.5) is 5.82 Å². The Morgan fingerprint density at radius 2 is 2.05 bits per heavy atom. The fourth-order valence-corrected chi connectivity index (χ4v) is 2.81. The van der Waals surface area contributed by atoms with Gasteiger partial charge < -0.3 is 5.73 Å².